The van der Waals surface area contributed by atoms with E-state index in [0.29, 0.717) is 15.5 Å². The standard InChI is InChI=1S/C11H13BrN4O5/c12-4-1-16(10-6(4)9(15-20)13-3-14-10)11-8(19)7(18)5(2-17)21-11/h1,3,5,7-8,11,17-20H,2H2,(H,13,14,15)/t5-,7+,8+,11-/m0/s1. The van der Waals surface area contributed by atoms with E-state index in [1.54, 1.807) is 6.20 Å². The first-order valence-electron chi connectivity index (χ1n) is 6.12. The summed E-state index contributed by atoms with van der Waals surface area (Å²) < 4.78 is 7.55. The maximum absolute atomic E-state index is 10.1. The second-order valence-corrected chi connectivity index (χ2v) is 5.50. The van der Waals surface area contributed by atoms with Crippen LogP contribution in [0.3, 0.4) is 0 Å². The first kappa shape index (κ1) is 14.6. The Kier molecular flexibility index (Phi) is 3.82. The zero-order valence-electron chi connectivity index (χ0n) is 10.6. The molecular formula is C11H13BrN4O5. The van der Waals surface area contributed by atoms with Gasteiger partial charge >= 0.3 is 0 Å². The van der Waals surface area contributed by atoms with E-state index in [9.17, 15) is 10.2 Å². The minimum absolute atomic E-state index is 0.192. The first-order chi connectivity index (χ1) is 10.1. The van der Waals surface area contributed by atoms with Crippen LogP contribution in [-0.2, 0) is 4.74 Å². The molecule has 2 aromatic heterocycles. The molecule has 5 N–H and O–H groups in total. The van der Waals surface area contributed by atoms with E-state index < -0.39 is 31.1 Å². The third-order valence-electron chi connectivity index (χ3n) is 3.46. The maximum atomic E-state index is 10.1. The number of aromatic nitrogens is 3. The molecule has 3 rings (SSSR count). The van der Waals surface area contributed by atoms with Crippen molar-refractivity contribution in [1.82, 2.24) is 14.5 Å². The molecule has 0 aromatic carbocycles. The monoisotopic (exact) mass is 360 g/mol. The van der Waals surface area contributed by atoms with E-state index in [1.807, 2.05) is 5.48 Å². The molecule has 0 aliphatic carbocycles. The van der Waals surface area contributed by atoms with Gasteiger partial charge in [0.2, 0.25) is 0 Å². The number of nitrogens with one attached hydrogen (secondary N) is 1. The van der Waals surface area contributed by atoms with Gasteiger partial charge in [-0.25, -0.2) is 9.97 Å². The molecule has 0 spiro atoms. The van der Waals surface area contributed by atoms with E-state index in [-0.39, 0.29) is 5.82 Å². The zero-order chi connectivity index (χ0) is 15.1. The van der Waals surface area contributed by atoms with Crippen molar-refractivity contribution < 1.29 is 25.3 Å². The number of hydrogen-bond donors (Lipinski definition) is 5. The van der Waals surface area contributed by atoms with E-state index in [1.165, 1.54) is 10.9 Å². The van der Waals surface area contributed by atoms with Crippen molar-refractivity contribution in [3.63, 3.8) is 0 Å². The number of rotatable bonds is 3. The molecule has 3 heterocycles. The molecule has 1 aliphatic rings. The minimum atomic E-state index is -1.22. The summed E-state index contributed by atoms with van der Waals surface area (Å²) in [5.74, 6) is 0.192. The van der Waals surface area contributed by atoms with Gasteiger partial charge in [0, 0.05) is 10.7 Å². The van der Waals surface area contributed by atoms with Gasteiger partial charge in [-0.05, 0) is 15.9 Å². The van der Waals surface area contributed by atoms with Gasteiger partial charge in [0.1, 0.15) is 30.3 Å². The van der Waals surface area contributed by atoms with Crippen molar-refractivity contribution in [2.45, 2.75) is 24.5 Å². The van der Waals surface area contributed by atoms with E-state index in [2.05, 4.69) is 25.9 Å². The Labute approximate surface area is 126 Å². The highest BCUT2D eigenvalue weighted by Gasteiger charge is 2.44. The summed E-state index contributed by atoms with van der Waals surface area (Å²) in [6, 6.07) is 0. The summed E-state index contributed by atoms with van der Waals surface area (Å²) in [5.41, 5.74) is 2.36. The molecule has 0 radical (unpaired) electrons. The normalized spacial score (nSPS) is 29.2. The predicted molar refractivity (Wildman–Crippen MR) is 73.6 cm³/mol. The Balaban J connectivity index is 2.10. The van der Waals surface area contributed by atoms with Crippen LogP contribution in [0, 0.1) is 0 Å². The molecule has 2 aromatic rings. The van der Waals surface area contributed by atoms with Crippen LogP contribution in [0.4, 0.5) is 5.82 Å². The molecule has 0 bridgehead atoms. The van der Waals surface area contributed by atoms with Crippen LogP contribution >= 0.6 is 15.9 Å². The molecule has 0 amide bonds. The Bertz CT molecular complexity index is 665. The maximum Gasteiger partial charge on any atom is 0.164 e. The van der Waals surface area contributed by atoms with Gasteiger partial charge in [-0.3, -0.25) is 10.7 Å². The third kappa shape index (κ3) is 2.20. The fourth-order valence-electron chi connectivity index (χ4n) is 2.43. The molecular weight excluding hydrogens is 348 g/mol. The van der Waals surface area contributed by atoms with Gasteiger partial charge in [0.15, 0.2) is 12.0 Å². The largest absolute Gasteiger partial charge is 0.394 e. The first-order valence-corrected chi connectivity index (χ1v) is 6.91. The van der Waals surface area contributed by atoms with Crippen molar-refractivity contribution in [3.8, 4) is 0 Å². The van der Waals surface area contributed by atoms with E-state index in [4.69, 9.17) is 15.1 Å². The zero-order valence-corrected chi connectivity index (χ0v) is 12.2. The smallest absolute Gasteiger partial charge is 0.164 e. The summed E-state index contributed by atoms with van der Waals surface area (Å²) in [6.45, 7) is -0.409. The molecule has 1 saturated heterocycles. The highest BCUT2D eigenvalue weighted by atomic mass is 79.9. The van der Waals surface area contributed by atoms with Crippen molar-refractivity contribution in [3.05, 3.63) is 17.0 Å². The second kappa shape index (κ2) is 5.48. The van der Waals surface area contributed by atoms with Crippen LogP contribution in [0.5, 0.6) is 0 Å². The number of anilines is 1. The van der Waals surface area contributed by atoms with Crippen molar-refractivity contribution >= 4 is 32.8 Å². The summed E-state index contributed by atoms with van der Waals surface area (Å²) in [6.07, 6.45) is -1.37. The number of hydrogen-bond acceptors (Lipinski definition) is 8. The van der Waals surface area contributed by atoms with Crippen molar-refractivity contribution in [2.24, 2.45) is 0 Å². The number of nitrogens with zero attached hydrogens (tertiary/aromatic N) is 3. The summed E-state index contributed by atoms with van der Waals surface area (Å²) in [4.78, 5) is 7.98. The van der Waals surface area contributed by atoms with Gasteiger partial charge in [-0.15, -0.1) is 0 Å². The number of ether oxygens (including phenoxy) is 1. The molecule has 1 aliphatic heterocycles. The van der Waals surface area contributed by atoms with Gasteiger partial charge in [-0.1, -0.05) is 0 Å². The van der Waals surface area contributed by atoms with Gasteiger partial charge in [0.05, 0.1) is 12.0 Å². The Morgan fingerprint density at radius 1 is 1.33 bits per heavy atom. The van der Waals surface area contributed by atoms with E-state index >= 15 is 0 Å². The predicted octanol–water partition coefficient (Wildman–Crippen LogP) is -0.394. The minimum Gasteiger partial charge on any atom is -0.394 e. The second-order valence-electron chi connectivity index (χ2n) is 4.65. The average molecular weight is 361 g/mol. The van der Waals surface area contributed by atoms with Gasteiger partial charge < -0.3 is 24.6 Å². The lowest BCUT2D eigenvalue weighted by Gasteiger charge is -2.17. The molecule has 21 heavy (non-hydrogen) atoms. The van der Waals surface area contributed by atoms with Crippen LogP contribution in [0.15, 0.2) is 17.0 Å². The SMILES string of the molecule is OC[C@@H]1O[C@H](n2cc(Br)c3c(NO)ncnc32)[C@H](O)[C@@H]1O. The van der Waals surface area contributed by atoms with E-state index in [0.717, 1.165) is 0 Å². The van der Waals surface area contributed by atoms with Crippen molar-refractivity contribution in [2.75, 3.05) is 12.1 Å². The third-order valence-corrected chi connectivity index (χ3v) is 4.06. The number of aliphatic hydroxyl groups is 3. The Hall–Kier alpha value is -1.30. The Morgan fingerprint density at radius 2 is 2.10 bits per heavy atom. The lowest BCUT2D eigenvalue weighted by atomic mass is 10.1. The lowest BCUT2D eigenvalue weighted by molar-refractivity contribution is -0.0509. The summed E-state index contributed by atoms with van der Waals surface area (Å²) in [7, 11) is 0. The van der Waals surface area contributed by atoms with Crippen LogP contribution in [0.25, 0.3) is 11.0 Å². The fourth-order valence-corrected chi connectivity index (χ4v) is 3.01. The molecule has 4 atom stereocenters. The quantitative estimate of drug-likeness (QED) is 0.467. The summed E-state index contributed by atoms with van der Waals surface area (Å²) >= 11 is 3.32. The molecule has 1 fully saturated rings. The highest BCUT2D eigenvalue weighted by Crippen LogP contribution is 2.36. The average Bonchev–Trinajstić information content (AvgIpc) is 2.98. The fraction of sp³-hybridized carbons (Fsp3) is 0.455. The van der Waals surface area contributed by atoms with Crippen molar-refractivity contribution in [1.29, 1.82) is 0 Å². The number of halogens is 1. The number of aliphatic hydroxyl groups excluding tert-OH is 3. The Morgan fingerprint density at radius 3 is 2.71 bits per heavy atom. The lowest BCUT2D eigenvalue weighted by Crippen LogP contribution is -2.33. The van der Waals surface area contributed by atoms with Gasteiger partial charge in [-0.2, -0.15) is 0 Å². The summed E-state index contributed by atoms with van der Waals surface area (Å²) in [5, 5.41) is 38.6. The molecule has 9 nitrogen and oxygen atoms in total. The van der Waals surface area contributed by atoms with Crippen LogP contribution in [0.1, 0.15) is 6.23 Å². The van der Waals surface area contributed by atoms with Gasteiger partial charge in [0.25, 0.3) is 0 Å². The molecule has 0 saturated carbocycles. The van der Waals surface area contributed by atoms with Crippen LogP contribution in [-0.4, -0.2) is 60.0 Å². The highest BCUT2D eigenvalue weighted by molar-refractivity contribution is 9.10. The topological polar surface area (TPSA) is 133 Å². The van der Waals surface area contributed by atoms with Crippen LogP contribution < -0.4 is 5.48 Å². The molecule has 0 unspecified atom stereocenters. The van der Waals surface area contributed by atoms with Crippen LogP contribution in [0.2, 0.25) is 0 Å². The molecule has 10 heteroatoms. The number of fused-ring (bicyclic) bond motifs is 1. The molecule has 114 valence electrons.